The number of aromatic amines is 1. The molecule has 0 radical (unpaired) electrons. The van der Waals surface area contributed by atoms with E-state index in [4.69, 9.17) is 4.74 Å². The summed E-state index contributed by atoms with van der Waals surface area (Å²) in [6, 6.07) is 11.7. The van der Waals surface area contributed by atoms with Gasteiger partial charge in [-0.2, -0.15) is 0 Å². The van der Waals surface area contributed by atoms with Gasteiger partial charge in [0, 0.05) is 29.7 Å². The summed E-state index contributed by atoms with van der Waals surface area (Å²) < 4.78 is 4.98. The standard InChI is InChI=1S/C18H16N4O3/c1-2-25-17(24)13-4-3-5-14(10-13)20-18-21-15(11-16(23)22-18)12-6-8-19-9-7-12/h3-11H,2H2,1H3,(H2,20,21,22,23). The number of pyridine rings is 1. The van der Waals surface area contributed by atoms with Crippen molar-refractivity contribution >= 4 is 17.6 Å². The molecule has 0 amide bonds. The third-order valence-electron chi connectivity index (χ3n) is 3.35. The molecular formula is C18H16N4O3. The quantitative estimate of drug-likeness (QED) is 0.695. The molecule has 0 bridgehead atoms. The minimum Gasteiger partial charge on any atom is -0.462 e. The molecule has 0 saturated heterocycles. The molecule has 0 unspecified atom stereocenters. The fraction of sp³-hybridized carbons (Fsp3) is 0.111. The molecule has 7 heteroatoms. The highest BCUT2D eigenvalue weighted by Gasteiger charge is 2.08. The maximum Gasteiger partial charge on any atom is 0.338 e. The molecule has 3 rings (SSSR count). The first kappa shape index (κ1) is 16.4. The summed E-state index contributed by atoms with van der Waals surface area (Å²) in [7, 11) is 0. The minimum atomic E-state index is -0.405. The number of H-pyrrole nitrogens is 1. The number of nitrogens with zero attached hydrogens (tertiary/aromatic N) is 2. The van der Waals surface area contributed by atoms with Crippen LogP contribution in [0.15, 0.2) is 59.7 Å². The molecule has 0 atom stereocenters. The molecule has 25 heavy (non-hydrogen) atoms. The average Bonchev–Trinajstić information content (AvgIpc) is 2.62. The lowest BCUT2D eigenvalue weighted by Crippen LogP contribution is -2.11. The van der Waals surface area contributed by atoms with Gasteiger partial charge in [0.1, 0.15) is 0 Å². The zero-order chi connectivity index (χ0) is 17.6. The largest absolute Gasteiger partial charge is 0.462 e. The van der Waals surface area contributed by atoms with Crippen molar-refractivity contribution in [2.75, 3.05) is 11.9 Å². The van der Waals surface area contributed by atoms with Crippen LogP contribution in [0.1, 0.15) is 17.3 Å². The van der Waals surface area contributed by atoms with E-state index in [1.165, 1.54) is 6.07 Å². The Morgan fingerprint density at radius 2 is 2.00 bits per heavy atom. The molecule has 126 valence electrons. The Hall–Kier alpha value is -3.48. The van der Waals surface area contributed by atoms with Gasteiger partial charge in [-0.3, -0.25) is 14.8 Å². The van der Waals surface area contributed by atoms with Crippen LogP contribution in [-0.4, -0.2) is 27.5 Å². The SMILES string of the molecule is CCOC(=O)c1cccc(Nc2nc(-c3ccncc3)cc(=O)[nH]2)c1. The topological polar surface area (TPSA) is 97.0 Å². The van der Waals surface area contributed by atoms with Crippen LogP contribution >= 0.6 is 0 Å². The summed E-state index contributed by atoms with van der Waals surface area (Å²) in [5.41, 5.74) is 2.05. The van der Waals surface area contributed by atoms with Crippen LogP contribution in [0.4, 0.5) is 11.6 Å². The van der Waals surface area contributed by atoms with Crippen LogP contribution in [0.5, 0.6) is 0 Å². The maximum absolute atomic E-state index is 11.9. The van der Waals surface area contributed by atoms with Gasteiger partial charge in [-0.05, 0) is 37.3 Å². The Bertz CT molecular complexity index is 938. The number of carbonyl (C=O) groups excluding carboxylic acids is 1. The Kier molecular flexibility index (Phi) is 4.84. The number of hydrogen-bond acceptors (Lipinski definition) is 6. The van der Waals surface area contributed by atoms with E-state index in [0.29, 0.717) is 23.6 Å². The Labute approximate surface area is 143 Å². The average molecular weight is 336 g/mol. The van der Waals surface area contributed by atoms with Crippen LogP contribution in [0.3, 0.4) is 0 Å². The zero-order valence-corrected chi connectivity index (χ0v) is 13.5. The second-order valence-electron chi connectivity index (χ2n) is 5.14. The number of rotatable bonds is 5. The van der Waals surface area contributed by atoms with Crippen molar-refractivity contribution in [3.8, 4) is 11.3 Å². The summed E-state index contributed by atoms with van der Waals surface area (Å²) in [5.74, 6) is -0.126. The number of anilines is 2. The van der Waals surface area contributed by atoms with E-state index in [-0.39, 0.29) is 11.5 Å². The third-order valence-corrected chi connectivity index (χ3v) is 3.35. The van der Waals surface area contributed by atoms with Gasteiger partial charge in [0.2, 0.25) is 5.95 Å². The smallest absolute Gasteiger partial charge is 0.338 e. The van der Waals surface area contributed by atoms with Crippen molar-refractivity contribution < 1.29 is 9.53 Å². The molecule has 3 aromatic rings. The number of ether oxygens (including phenoxy) is 1. The number of carbonyl (C=O) groups is 1. The summed E-state index contributed by atoms with van der Waals surface area (Å²) in [5, 5.41) is 3.00. The summed E-state index contributed by atoms with van der Waals surface area (Å²) >= 11 is 0. The van der Waals surface area contributed by atoms with E-state index < -0.39 is 5.97 Å². The van der Waals surface area contributed by atoms with Gasteiger partial charge in [-0.1, -0.05) is 6.07 Å². The minimum absolute atomic E-state index is 0.278. The van der Waals surface area contributed by atoms with Gasteiger partial charge >= 0.3 is 5.97 Å². The number of aromatic nitrogens is 3. The lowest BCUT2D eigenvalue weighted by molar-refractivity contribution is 0.0526. The molecule has 0 saturated carbocycles. The number of hydrogen-bond donors (Lipinski definition) is 2. The maximum atomic E-state index is 11.9. The number of benzene rings is 1. The lowest BCUT2D eigenvalue weighted by atomic mass is 10.2. The molecule has 1 aromatic carbocycles. The fourth-order valence-corrected chi connectivity index (χ4v) is 2.26. The van der Waals surface area contributed by atoms with Crippen LogP contribution < -0.4 is 10.9 Å². The van der Waals surface area contributed by atoms with Crippen LogP contribution in [-0.2, 0) is 4.74 Å². The van der Waals surface area contributed by atoms with Gasteiger partial charge in [0.05, 0.1) is 17.9 Å². The highest BCUT2D eigenvalue weighted by atomic mass is 16.5. The van der Waals surface area contributed by atoms with Gasteiger partial charge < -0.3 is 10.1 Å². The van der Waals surface area contributed by atoms with Gasteiger partial charge in [-0.15, -0.1) is 0 Å². The normalized spacial score (nSPS) is 10.3. The Morgan fingerprint density at radius 3 is 2.76 bits per heavy atom. The molecule has 0 aliphatic carbocycles. The summed E-state index contributed by atoms with van der Waals surface area (Å²) in [6.07, 6.45) is 3.27. The van der Waals surface area contributed by atoms with Gasteiger partial charge in [-0.25, -0.2) is 9.78 Å². The molecule has 0 aliphatic rings. The Morgan fingerprint density at radius 1 is 1.20 bits per heavy atom. The van der Waals surface area contributed by atoms with Crippen molar-refractivity contribution in [1.82, 2.24) is 15.0 Å². The van der Waals surface area contributed by atoms with Gasteiger partial charge in [0.25, 0.3) is 5.56 Å². The first-order chi connectivity index (χ1) is 12.2. The molecule has 0 aliphatic heterocycles. The van der Waals surface area contributed by atoms with E-state index in [9.17, 15) is 9.59 Å². The van der Waals surface area contributed by atoms with Crippen molar-refractivity contribution in [2.45, 2.75) is 6.92 Å². The van der Waals surface area contributed by atoms with Crippen molar-refractivity contribution in [3.05, 3.63) is 70.8 Å². The molecule has 0 fully saturated rings. The first-order valence-corrected chi connectivity index (χ1v) is 7.71. The van der Waals surface area contributed by atoms with E-state index in [1.807, 2.05) is 0 Å². The molecule has 2 heterocycles. The van der Waals surface area contributed by atoms with E-state index in [0.717, 1.165) is 5.56 Å². The fourth-order valence-electron chi connectivity index (χ4n) is 2.26. The first-order valence-electron chi connectivity index (χ1n) is 7.71. The van der Waals surface area contributed by atoms with Crippen molar-refractivity contribution in [3.63, 3.8) is 0 Å². The van der Waals surface area contributed by atoms with Gasteiger partial charge in [0.15, 0.2) is 0 Å². The van der Waals surface area contributed by atoms with Crippen molar-refractivity contribution in [2.24, 2.45) is 0 Å². The highest BCUT2D eigenvalue weighted by Crippen LogP contribution is 2.18. The van der Waals surface area contributed by atoms with Crippen LogP contribution in [0, 0.1) is 0 Å². The summed E-state index contributed by atoms with van der Waals surface area (Å²) in [6.45, 7) is 2.05. The van der Waals surface area contributed by atoms with E-state index >= 15 is 0 Å². The lowest BCUT2D eigenvalue weighted by Gasteiger charge is -2.08. The predicted octanol–water partition coefficient (Wildman–Crippen LogP) is 2.75. The molecule has 0 spiro atoms. The molecule has 2 N–H and O–H groups in total. The number of nitrogens with one attached hydrogen (secondary N) is 2. The highest BCUT2D eigenvalue weighted by molar-refractivity contribution is 5.90. The third kappa shape index (κ3) is 4.08. The predicted molar refractivity (Wildman–Crippen MR) is 93.8 cm³/mol. The second-order valence-corrected chi connectivity index (χ2v) is 5.14. The van der Waals surface area contributed by atoms with Crippen LogP contribution in [0.25, 0.3) is 11.3 Å². The monoisotopic (exact) mass is 336 g/mol. The van der Waals surface area contributed by atoms with Crippen molar-refractivity contribution in [1.29, 1.82) is 0 Å². The zero-order valence-electron chi connectivity index (χ0n) is 13.5. The van der Waals surface area contributed by atoms with Crippen LogP contribution in [0.2, 0.25) is 0 Å². The molecule has 2 aromatic heterocycles. The Balaban J connectivity index is 1.89. The molecular weight excluding hydrogens is 320 g/mol. The van der Waals surface area contributed by atoms with E-state index in [1.54, 1.807) is 55.7 Å². The molecule has 7 nitrogen and oxygen atoms in total. The summed E-state index contributed by atoms with van der Waals surface area (Å²) in [4.78, 5) is 34.7. The number of esters is 1. The van der Waals surface area contributed by atoms with E-state index in [2.05, 4.69) is 20.3 Å². The second kappa shape index (κ2) is 7.39.